The molecule has 0 radical (unpaired) electrons. The Bertz CT molecular complexity index is 974. The molecule has 2 aliphatic heterocycles. The number of benzene rings is 1. The molecule has 1 fully saturated rings. The van der Waals surface area contributed by atoms with Crippen LogP contribution in [0.15, 0.2) is 28.7 Å². The normalized spacial score (nSPS) is 23.3. The van der Waals surface area contributed by atoms with Crippen molar-refractivity contribution < 1.29 is 49.4 Å². The molecule has 2 aromatic rings. The third-order valence-corrected chi connectivity index (χ3v) is 4.79. The average Bonchev–Trinajstić information content (AvgIpc) is 3.02. The number of fused-ring (bicyclic) bond motifs is 2. The zero-order valence-corrected chi connectivity index (χ0v) is 15.7. The summed E-state index contributed by atoms with van der Waals surface area (Å²) < 4.78 is 0. The maximum atomic E-state index is 12.2. The molecule has 25 heavy (non-hydrogen) atoms. The number of aromatic amines is 2. The number of β-lactam (4-membered cyclic amide) rings is 1. The van der Waals surface area contributed by atoms with Gasteiger partial charge in [-0.1, -0.05) is 6.07 Å². The van der Waals surface area contributed by atoms with Crippen LogP contribution in [0.2, 0.25) is 0 Å². The fraction of sp³-hybridized carbons (Fsp3) is 0.312. The van der Waals surface area contributed by atoms with Gasteiger partial charge in [0.05, 0.1) is 40.8 Å². The van der Waals surface area contributed by atoms with Gasteiger partial charge in [-0.25, -0.2) is 4.79 Å². The third-order valence-electron chi connectivity index (χ3n) is 4.79. The number of nitrogens with zero attached hydrogens (tertiary/aromatic N) is 1. The summed E-state index contributed by atoms with van der Waals surface area (Å²) in [7, 11) is 0. The molecule has 0 saturated carbocycles. The summed E-state index contributed by atoms with van der Waals surface area (Å²) in [6, 6.07) is 4.66. The number of hydrogen-bond donors (Lipinski definition) is 3. The van der Waals surface area contributed by atoms with E-state index in [1.54, 1.807) is 18.2 Å². The number of amides is 1. The Morgan fingerprint density at radius 1 is 1.32 bits per heavy atom. The molecule has 1 aromatic carbocycles. The van der Waals surface area contributed by atoms with E-state index in [-0.39, 0.29) is 47.0 Å². The Morgan fingerprint density at radius 3 is 2.64 bits per heavy atom. The van der Waals surface area contributed by atoms with Crippen LogP contribution < -0.4 is 40.4 Å². The average molecular weight is 351 g/mol. The summed E-state index contributed by atoms with van der Waals surface area (Å²) in [5, 5.41) is 21.3. The predicted octanol–water partition coefficient (Wildman–Crippen LogP) is -4.07. The summed E-state index contributed by atoms with van der Waals surface area (Å²) in [4.78, 5) is 41.6. The first-order valence-corrected chi connectivity index (χ1v) is 7.56. The zero-order chi connectivity index (χ0) is 17.2. The standard InChI is InChI=1S/C16H15N3O5.Na/c1-6(20)12-11-5-8(13(15(22)23)19(11)14(12)21)7-2-3-9-10(4-7)18-16(24)17-9;/h2-4,6,11-12,20H,5H2,1H3,(H,22,23)(H2,17,18,24);/q;+1/p-1/t6-,11?,12?;/m1./s1. The van der Waals surface area contributed by atoms with E-state index in [0.717, 1.165) is 0 Å². The number of carbonyl (C=O) groups excluding carboxylic acids is 2. The molecule has 9 heteroatoms. The summed E-state index contributed by atoms with van der Waals surface area (Å²) in [5.41, 5.74) is 1.73. The molecule has 3 N–H and O–H groups in total. The maximum absolute atomic E-state index is 12.2. The Morgan fingerprint density at radius 2 is 2.00 bits per heavy atom. The number of rotatable bonds is 3. The topological polar surface area (TPSA) is 129 Å². The van der Waals surface area contributed by atoms with Crippen molar-refractivity contribution in [2.24, 2.45) is 5.92 Å². The third kappa shape index (κ3) is 2.56. The van der Waals surface area contributed by atoms with Crippen LogP contribution in [-0.4, -0.2) is 44.0 Å². The second-order valence-electron chi connectivity index (χ2n) is 6.20. The van der Waals surface area contributed by atoms with Crippen LogP contribution in [0.1, 0.15) is 18.9 Å². The van der Waals surface area contributed by atoms with Crippen molar-refractivity contribution in [3.8, 4) is 0 Å². The molecule has 124 valence electrons. The largest absolute Gasteiger partial charge is 1.00 e. The molecule has 3 heterocycles. The molecular weight excluding hydrogens is 337 g/mol. The number of aromatic nitrogens is 2. The number of carboxylic acids is 1. The summed E-state index contributed by atoms with van der Waals surface area (Å²) >= 11 is 0. The monoisotopic (exact) mass is 351 g/mol. The minimum atomic E-state index is -1.42. The van der Waals surface area contributed by atoms with Gasteiger partial charge in [-0.3, -0.25) is 4.79 Å². The van der Waals surface area contributed by atoms with Crippen LogP contribution in [0, 0.1) is 5.92 Å². The van der Waals surface area contributed by atoms with E-state index >= 15 is 0 Å². The van der Waals surface area contributed by atoms with Gasteiger partial charge in [0.15, 0.2) is 0 Å². The first-order chi connectivity index (χ1) is 11.4. The fourth-order valence-corrected chi connectivity index (χ4v) is 3.74. The molecular formula is C16H14N3NaO5. The molecule has 0 bridgehead atoms. The SMILES string of the molecule is C[C@@H](O)C1C(=O)N2C(C(=O)[O-])=C(c3ccc4[nH]c(=O)[nH]c4c3)CC12.[Na+]. The van der Waals surface area contributed by atoms with E-state index in [1.165, 1.54) is 11.8 Å². The molecule has 2 aliphatic rings. The Kier molecular flexibility index (Phi) is 4.40. The molecule has 0 spiro atoms. The molecule has 0 aliphatic carbocycles. The van der Waals surface area contributed by atoms with Crippen molar-refractivity contribution in [2.45, 2.75) is 25.5 Å². The number of nitrogens with one attached hydrogen (secondary N) is 2. The molecule has 1 saturated heterocycles. The fourth-order valence-electron chi connectivity index (χ4n) is 3.74. The molecule has 2 unspecified atom stereocenters. The van der Waals surface area contributed by atoms with Crippen molar-refractivity contribution >= 4 is 28.5 Å². The van der Waals surface area contributed by atoms with Crippen LogP contribution >= 0.6 is 0 Å². The number of aliphatic carboxylic acids is 1. The zero-order valence-electron chi connectivity index (χ0n) is 13.7. The van der Waals surface area contributed by atoms with E-state index in [2.05, 4.69) is 9.97 Å². The number of H-pyrrole nitrogens is 2. The van der Waals surface area contributed by atoms with Crippen molar-refractivity contribution in [1.29, 1.82) is 0 Å². The number of aliphatic hydroxyl groups is 1. The van der Waals surface area contributed by atoms with Gasteiger partial charge in [0.25, 0.3) is 0 Å². The van der Waals surface area contributed by atoms with Crippen molar-refractivity contribution in [2.75, 3.05) is 0 Å². The van der Waals surface area contributed by atoms with E-state index < -0.39 is 23.9 Å². The van der Waals surface area contributed by atoms with Gasteiger partial charge in [-0.15, -0.1) is 0 Å². The Labute approximate surface area is 163 Å². The minimum absolute atomic E-state index is 0. The minimum Gasteiger partial charge on any atom is -0.543 e. The summed E-state index contributed by atoms with van der Waals surface area (Å²) in [6.07, 6.45) is -0.519. The quantitative estimate of drug-likeness (QED) is 0.383. The molecule has 3 atom stereocenters. The first-order valence-electron chi connectivity index (χ1n) is 7.56. The predicted molar refractivity (Wildman–Crippen MR) is 81.3 cm³/mol. The Hall–Kier alpha value is -1.87. The van der Waals surface area contributed by atoms with E-state index in [4.69, 9.17) is 0 Å². The maximum Gasteiger partial charge on any atom is 1.00 e. The van der Waals surface area contributed by atoms with Gasteiger partial charge in [-0.05, 0) is 36.6 Å². The van der Waals surface area contributed by atoms with Crippen molar-refractivity contribution in [1.82, 2.24) is 14.9 Å². The number of aliphatic hydroxyl groups excluding tert-OH is 1. The van der Waals surface area contributed by atoms with Crippen molar-refractivity contribution in [3.05, 3.63) is 39.9 Å². The van der Waals surface area contributed by atoms with Gasteiger partial charge < -0.3 is 29.9 Å². The van der Waals surface area contributed by atoms with E-state index in [9.17, 15) is 24.6 Å². The van der Waals surface area contributed by atoms with Gasteiger partial charge in [0.1, 0.15) is 0 Å². The Balaban J connectivity index is 0.00000182. The summed E-state index contributed by atoms with van der Waals surface area (Å²) in [6.45, 7) is 1.52. The number of hydrogen-bond acceptors (Lipinski definition) is 5. The van der Waals surface area contributed by atoms with Crippen LogP contribution in [0.4, 0.5) is 0 Å². The number of imidazole rings is 1. The van der Waals surface area contributed by atoms with Gasteiger partial charge >= 0.3 is 35.2 Å². The van der Waals surface area contributed by atoms with Crippen LogP contribution in [0.3, 0.4) is 0 Å². The smallest absolute Gasteiger partial charge is 0.543 e. The van der Waals surface area contributed by atoms with Gasteiger partial charge in [-0.2, -0.15) is 0 Å². The van der Waals surface area contributed by atoms with Crippen LogP contribution in [0.25, 0.3) is 16.6 Å². The van der Waals surface area contributed by atoms with E-state index in [0.29, 0.717) is 28.6 Å². The number of carboxylic acid groups (broad SMARTS) is 1. The van der Waals surface area contributed by atoms with Gasteiger partial charge in [0.2, 0.25) is 5.91 Å². The second kappa shape index (κ2) is 6.14. The van der Waals surface area contributed by atoms with Crippen LogP contribution in [0.5, 0.6) is 0 Å². The van der Waals surface area contributed by atoms with Crippen LogP contribution in [-0.2, 0) is 9.59 Å². The first kappa shape index (κ1) is 17.9. The molecule has 1 aromatic heterocycles. The molecule has 4 rings (SSSR count). The summed E-state index contributed by atoms with van der Waals surface area (Å²) in [5.74, 6) is -2.43. The molecule has 8 nitrogen and oxygen atoms in total. The van der Waals surface area contributed by atoms with Crippen molar-refractivity contribution in [3.63, 3.8) is 0 Å². The second-order valence-corrected chi connectivity index (χ2v) is 6.20. The van der Waals surface area contributed by atoms with E-state index in [1.807, 2.05) is 0 Å². The molecule has 1 amide bonds. The van der Waals surface area contributed by atoms with Gasteiger partial charge in [0, 0.05) is 0 Å². The number of carbonyl (C=O) groups is 2.